The molecule has 0 bridgehead atoms. The number of ether oxygens (including phenoxy) is 2. The molecule has 0 amide bonds. The van der Waals surface area contributed by atoms with Crippen LogP contribution in [0.1, 0.15) is 29.9 Å². The van der Waals surface area contributed by atoms with Crippen LogP contribution >= 0.6 is 0 Å². The average Bonchev–Trinajstić information content (AvgIpc) is 2.71. The van der Waals surface area contributed by atoms with Gasteiger partial charge < -0.3 is 19.8 Å². The van der Waals surface area contributed by atoms with Crippen LogP contribution < -0.4 is 10.5 Å². The van der Waals surface area contributed by atoms with Crippen molar-refractivity contribution in [1.29, 1.82) is 0 Å². The van der Waals surface area contributed by atoms with E-state index < -0.39 is 0 Å². The van der Waals surface area contributed by atoms with Crippen molar-refractivity contribution in [3.63, 3.8) is 0 Å². The molecular formula is C17H22N2O3. The van der Waals surface area contributed by atoms with Gasteiger partial charge in [-0.05, 0) is 45.0 Å². The minimum atomic E-state index is -0.384. The van der Waals surface area contributed by atoms with Gasteiger partial charge in [0.05, 0.1) is 24.6 Å². The molecular weight excluding hydrogens is 280 g/mol. The lowest BCUT2D eigenvalue weighted by Gasteiger charge is -2.08. The number of hydrogen-bond acceptors (Lipinski definition) is 4. The highest BCUT2D eigenvalue weighted by Crippen LogP contribution is 2.34. The highest BCUT2D eigenvalue weighted by atomic mass is 16.5. The third-order valence-electron chi connectivity index (χ3n) is 3.64. The Labute approximate surface area is 130 Å². The minimum absolute atomic E-state index is 0.324. The van der Waals surface area contributed by atoms with E-state index in [-0.39, 0.29) is 5.97 Å². The van der Waals surface area contributed by atoms with Gasteiger partial charge in [0.2, 0.25) is 0 Å². The fraction of sp³-hybridized carbons (Fsp3) is 0.353. The zero-order valence-electron chi connectivity index (χ0n) is 13.5. The number of aromatic nitrogens is 1. The number of carbonyl (C=O) groups excluding carboxylic acids is 1. The molecule has 1 aromatic carbocycles. The van der Waals surface area contributed by atoms with E-state index in [4.69, 9.17) is 15.2 Å². The van der Waals surface area contributed by atoms with Crippen LogP contribution in [0.3, 0.4) is 0 Å². The highest BCUT2D eigenvalue weighted by molar-refractivity contribution is 6.01. The standard InChI is InChI=1S/C17H22N2O3/c1-5-21-13-9-7-12(8-10-13)16-15(18)14(11(3)19(16)4)17(20)22-6-2/h7-10H,5-6,18H2,1-4H3. The Morgan fingerprint density at radius 3 is 2.36 bits per heavy atom. The Kier molecular flexibility index (Phi) is 4.75. The molecule has 2 N–H and O–H groups in total. The minimum Gasteiger partial charge on any atom is -0.494 e. The van der Waals surface area contributed by atoms with Gasteiger partial charge in [0.25, 0.3) is 0 Å². The molecule has 1 aromatic heterocycles. The summed E-state index contributed by atoms with van der Waals surface area (Å²) in [5.74, 6) is 0.423. The number of hydrogen-bond donors (Lipinski definition) is 1. The summed E-state index contributed by atoms with van der Waals surface area (Å²) in [6, 6.07) is 7.66. The van der Waals surface area contributed by atoms with Crippen LogP contribution in [0.2, 0.25) is 0 Å². The van der Waals surface area contributed by atoms with Crippen LogP contribution in [0, 0.1) is 6.92 Å². The number of carbonyl (C=O) groups is 1. The van der Waals surface area contributed by atoms with E-state index in [1.807, 2.05) is 49.7 Å². The molecule has 5 heteroatoms. The van der Waals surface area contributed by atoms with Gasteiger partial charge in [-0.1, -0.05) is 0 Å². The summed E-state index contributed by atoms with van der Waals surface area (Å²) in [5, 5.41) is 0. The van der Waals surface area contributed by atoms with Crippen LogP contribution in [-0.4, -0.2) is 23.8 Å². The first-order valence-electron chi connectivity index (χ1n) is 7.36. The summed E-state index contributed by atoms with van der Waals surface area (Å²) < 4.78 is 12.5. The van der Waals surface area contributed by atoms with Crippen LogP contribution in [0.4, 0.5) is 5.69 Å². The summed E-state index contributed by atoms with van der Waals surface area (Å²) in [6.07, 6.45) is 0. The molecule has 0 fully saturated rings. The SMILES string of the molecule is CCOC(=O)c1c(N)c(-c2ccc(OCC)cc2)n(C)c1C. The summed E-state index contributed by atoms with van der Waals surface area (Å²) in [7, 11) is 1.89. The number of anilines is 1. The molecule has 0 spiro atoms. The van der Waals surface area contributed by atoms with Gasteiger partial charge in [0.15, 0.2) is 0 Å². The van der Waals surface area contributed by atoms with Crippen molar-refractivity contribution >= 4 is 11.7 Å². The maximum absolute atomic E-state index is 12.1. The first kappa shape index (κ1) is 15.9. The predicted octanol–water partition coefficient (Wildman–Crippen LogP) is 3.16. The zero-order valence-corrected chi connectivity index (χ0v) is 13.5. The van der Waals surface area contributed by atoms with Crippen molar-refractivity contribution < 1.29 is 14.3 Å². The average molecular weight is 302 g/mol. The lowest BCUT2D eigenvalue weighted by molar-refractivity contribution is 0.0526. The van der Waals surface area contributed by atoms with Gasteiger partial charge >= 0.3 is 5.97 Å². The number of nitrogens with two attached hydrogens (primary N) is 1. The van der Waals surface area contributed by atoms with E-state index in [0.29, 0.717) is 24.5 Å². The Bertz CT molecular complexity index is 672. The maximum Gasteiger partial charge on any atom is 0.342 e. The van der Waals surface area contributed by atoms with Crippen molar-refractivity contribution in [1.82, 2.24) is 4.57 Å². The number of benzene rings is 1. The van der Waals surface area contributed by atoms with E-state index in [9.17, 15) is 4.79 Å². The second-order valence-corrected chi connectivity index (χ2v) is 4.96. The molecule has 2 aromatic rings. The third-order valence-corrected chi connectivity index (χ3v) is 3.64. The molecule has 0 aliphatic heterocycles. The van der Waals surface area contributed by atoms with Crippen LogP contribution in [0.15, 0.2) is 24.3 Å². The van der Waals surface area contributed by atoms with Crippen molar-refractivity contribution in [3.05, 3.63) is 35.5 Å². The Hall–Kier alpha value is -2.43. The van der Waals surface area contributed by atoms with Crippen LogP contribution in [0.5, 0.6) is 5.75 Å². The zero-order chi connectivity index (χ0) is 16.3. The highest BCUT2D eigenvalue weighted by Gasteiger charge is 2.23. The molecule has 22 heavy (non-hydrogen) atoms. The van der Waals surface area contributed by atoms with Crippen molar-refractivity contribution in [2.24, 2.45) is 7.05 Å². The summed E-state index contributed by atoms with van der Waals surface area (Å²) in [5.41, 5.74) is 9.63. The smallest absolute Gasteiger partial charge is 0.342 e. The predicted molar refractivity (Wildman–Crippen MR) is 87.1 cm³/mol. The maximum atomic E-state index is 12.1. The third kappa shape index (κ3) is 2.79. The van der Waals surface area contributed by atoms with Gasteiger partial charge in [-0.15, -0.1) is 0 Å². The fourth-order valence-corrected chi connectivity index (χ4v) is 2.52. The van der Waals surface area contributed by atoms with Crippen LogP contribution in [-0.2, 0) is 11.8 Å². The number of nitrogens with zero attached hydrogens (tertiary/aromatic N) is 1. The first-order chi connectivity index (χ1) is 10.5. The molecule has 0 saturated carbocycles. The molecule has 118 valence electrons. The quantitative estimate of drug-likeness (QED) is 0.862. The number of esters is 1. The van der Waals surface area contributed by atoms with Gasteiger partial charge in [0.1, 0.15) is 11.3 Å². The molecule has 0 radical (unpaired) electrons. The summed E-state index contributed by atoms with van der Waals surface area (Å²) in [4.78, 5) is 12.1. The van der Waals surface area contributed by atoms with Gasteiger partial charge in [-0.3, -0.25) is 0 Å². The number of nitrogen functional groups attached to an aromatic ring is 1. The van der Waals surface area contributed by atoms with Gasteiger partial charge in [0, 0.05) is 18.3 Å². The van der Waals surface area contributed by atoms with Crippen molar-refractivity contribution in [2.75, 3.05) is 18.9 Å². The molecule has 0 saturated heterocycles. The largest absolute Gasteiger partial charge is 0.494 e. The van der Waals surface area contributed by atoms with Crippen LogP contribution in [0.25, 0.3) is 11.3 Å². The van der Waals surface area contributed by atoms with Crippen molar-refractivity contribution in [2.45, 2.75) is 20.8 Å². The Balaban J connectivity index is 2.47. The Morgan fingerprint density at radius 2 is 1.82 bits per heavy atom. The van der Waals surface area contributed by atoms with Crippen molar-refractivity contribution in [3.8, 4) is 17.0 Å². The van der Waals surface area contributed by atoms with Gasteiger partial charge in [-0.25, -0.2) is 4.79 Å². The van der Waals surface area contributed by atoms with Gasteiger partial charge in [-0.2, -0.15) is 0 Å². The fourth-order valence-electron chi connectivity index (χ4n) is 2.52. The molecule has 1 heterocycles. The molecule has 2 rings (SSSR count). The Morgan fingerprint density at radius 1 is 1.18 bits per heavy atom. The second kappa shape index (κ2) is 6.56. The molecule has 5 nitrogen and oxygen atoms in total. The summed E-state index contributed by atoms with van der Waals surface area (Å²) >= 11 is 0. The van der Waals surface area contributed by atoms with E-state index in [1.165, 1.54) is 0 Å². The summed E-state index contributed by atoms with van der Waals surface area (Å²) in [6.45, 7) is 6.53. The molecule has 0 aliphatic carbocycles. The number of rotatable bonds is 5. The second-order valence-electron chi connectivity index (χ2n) is 4.96. The lowest BCUT2D eigenvalue weighted by atomic mass is 10.1. The molecule has 0 aliphatic rings. The topological polar surface area (TPSA) is 66.5 Å². The van der Waals surface area contributed by atoms with E-state index >= 15 is 0 Å². The molecule has 0 atom stereocenters. The van der Waals surface area contributed by atoms with E-state index in [1.54, 1.807) is 6.92 Å². The van der Waals surface area contributed by atoms with E-state index in [2.05, 4.69) is 0 Å². The first-order valence-corrected chi connectivity index (χ1v) is 7.36. The van der Waals surface area contributed by atoms with E-state index in [0.717, 1.165) is 22.7 Å². The normalized spacial score (nSPS) is 10.5. The lowest BCUT2D eigenvalue weighted by Crippen LogP contribution is -2.08. The monoisotopic (exact) mass is 302 g/mol. The molecule has 0 unspecified atom stereocenters.